The first kappa shape index (κ1) is 20.1. The highest BCUT2D eigenvalue weighted by Crippen LogP contribution is 2.36. The number of thiophene rings is 1. The summed E-state index contributed by atoms with van der Waals surface area (Å²) in [7, 11) is 3.20. The predicted octanol–water partition coefficient (Wildman–Crippen LogP) is 3.62. The number of anilines is 1. The standard InChI is InChI=1S/C19H20N4O3S2/c1-4-14-21-22-19(23(14)2)28-11-15(24)20-17-16(18(25)26-3)13(10-27-17)12-8-6-5-7-9-12/h5-10H,4,11H2,1-3H3,(H,20,24). The lowest BCUT2D eigenvalue weighted by atomic mass is 10.0. The van der Waals surface area contributed by atoms with Gasteiger partial charge in [0.05, 0.1) is 12.9 Å². The fraction of sp³-hybridized carbons (Fsp3) is 0.263. The third kappa shape index (κ3) is 4.26. The van der Waals surface area contributed by atoms with Gasteiger partial charge in [-0.25, -0.2) is 4.79 Å². The van der Waals surface area contributed by atoms with Gasteiger partial charge in [0.15, 0.2) is 5.16 Å². The molecule has 0 atom stereocenters. The van der Waals surface area contributed by atoms with Crippen LogP contribution in [0.1, 0.15) is 23.1 Å². The van der Waals surface area contributed by atoms with Crippen molar-refractivity contribution in [1.82, 2.24) is 14.8 Å². The smallest absolute Gasteiger partial charge is 0.341 e. The minimum Gasteiger partial charge on any atom is -0.465 e. The van der Waals surface area contributed by atoms with E-state index in [0.717, 1.165) is 23.4 Å². The topological polar surface area (TPSA) is 86.1 Å². The van der Waals surface area contributed by atoms with Gasteiger partial charge in [-0.2, -0.15) is 0 Å². The monoisotopic (exact) mass is 416 g/mol. The number of carbonyl (C=O) groups is 2. The minimum absolute atomic E-state index is 0.162. The van der Waals surface area contributed by atoms with Crippen molar-refractivity contribution in [2.45, 2.75) is 18.5 Å². The van der Waals surface area contributed by atoms with Crippen LogP contribution in [0.5, 0.6) is 0 Å². The summed E-state index contributed by atoms with van der Waals surface area (Å²) < 4.78 is 6.80. The van der Waals surface area contributed by atoms with Crippen LogP contribution in [0, 0.1) is 0 Å². The predicted molar refractivity (Wildman–Crippen MR) is 111 cm³/mol. The van der Waals surface area contributed by atoms with Crippen LogP contribution in [0.2, 0.25) is 0 Å². The van der Waals surface area contributed by atoms with Gasteiger partial charge < -0.3 is 14.6 Å². The maximum Gasteiger partial charge on any atom is 0.341 e. The molecular weight excluding hydrogens is 396 g/mol. The molecule has 3 aromatic rings. The van der Waals surface area contributed by atoms with Crippen molar-refractivity contribution in [2.24, 2.45) is 7.05 Å². The number of nitrogens with one attached hydrogen (secondary N) is 1. The second-order valence-corrected chi connectivity index (χ2v) is 7.68. The zero-order chi connectivity index (χ0) is 20.1. The van der Waals surface area contributed by atoms with E-state index < -0.39 is 5.97 Å². The summed E-state index contributed by atoms with van der Waals surface area (Å²) in [6, 6.07) is 9.53. The Balaban J connectivity index is 1.76. The molecule has 0 fully saturated rings. The van der Waals surface area contributed by atoms with E-state index in [-0.39, 0.29) is 11.7 Å². The number of benzene rings is 1. The molecule has 0 saturated carbocycles. The van der Waals surface area contributed by atoms with Crippen LogP contribution in [0.25, 0.3) is 11.1 Å². The van der Waals surface area contributed by atoms with E-state index in [9.17, 15) is 9.59 Å². The van der Waals surface area contributed by atoms with Gasteiger partial charge in [0, 0.05) is 24.4 Å². The van der Waals surface area contributed by atoms with Crippen LogP contribution in [-0.4, -0.2) is 39.5 Å². The van der Waals surface area contributed by atoms with E-state index >= 15 is 0 Å². The molecule has 0 saturated heterocycles. The quantitative estimate of drug-likeness (QED) is 0.468. The number of hydrogen-bond acceptors (Lipinski definition) is 7. The van der Waals surface area contributed by atoms with Crippen LogP contribution >= 0.6 is 23.1 Å². The fourth-order valence-corrected chi connectivity index (χ4v) is 4.36. The largest absolute Gasteiger partial charge is 0.465 e. The number of amides is 1. The van der Waals surface area contributed by atoms with E-state index in [1.165, 1.54) is 30.2 Å². The van der Waals surface area contributed by atoms with Crippen molar-refractivity contribution in [3.05, 3.63) is 47.1 Å². The van der Waals surface area contributed by atoms with Crippen molar-refractivity contribution >= 4 is 40.0 Å². The highest BCUT2D eigenvalue weighted by atomic mass is 32.2. The number of hydrogen-bond donors (Lipinski definition) is 1. The summed E-state index contributed by atoms with van der Waals surface area (Å²) in [5, 5.41) is 14.0. The molecule has 0 spiro atoms. The summed E-state index contributed by atoms with van der Waals surface area (Å²) in [6.07, 6.45) is 0.774. The molecule has 2 heterocycles. The summed E-state index contributed by atoms with van der Waals surface area (Å²) in [4.78, 5) is 24.8. The van der Waals surface area contributed by atoms with E-state index in [2.05, 4.69) is 15.5 Å². The van der Waals surface area contributed by atoms with Crippen molar-refractivity contribution < 1.29 is 14.3 Å². The zero-order valence-corrected chi connectivity index (χ0v) is 17.4. The molecule has 0 bridgehead atoms. The summed E-state index contributed by atoms with van der Waals surface area (Å²) in [5.74, 6) is 0.317. The molecule has 1 aromatic carbocycles. The first-order chi connectivity index (χ1) is 13.5. The van der Waals surface area contributed by atoms with Gasteiger partial charge in [-0.05, 0) is 5.56 Å². The number of aryl methyl sites for hydroxylation is 1. The Bertz CT molecular complexity index is 982. The molecule has 7 nitrogen and oxygen atoms in total. The van der Waals surface area contributed by atoms with Gasteiger partial charge >= 0.3 is 5.97 Å². The average molecular weight is 417 g/mol. The van der Waals surface area contributed by atoms with E-state index in [0.29, 0.717) is 15.7 Å². The maximum absolute atomic E-state index is 12.4. The molecule has 1 amide bonds. The molecule has 3 rings (SSSR count). The number of thioether (sulfide) groups is 1. The van der Waals surface area contributed by atoms with E-state index in [1.807, 2.05) is 54.3 Å². The second kappa shape index (κ2) is 9.03. The Labute approximate surface area is 171 Å². The summed E-state index contributed by atoms with van der Waals surface area (Å²) >= 11 is 2.60. The van der Waals surface area contributed by atoms with Crippen molar-refractivity contribution in [1.29, 1.82) is 0 Å². The van der Waals surface area contributed by atoms with Gasteiger partial charge in [0.25, 0.3) is 0 Å². The van der Waals surface area contributed by atoms with Gasteiger partial charge in [-0.1, -0.05) is 49.0 Å². The Morgan fingerprint density at radius 1 is 1.25 bits per heavy atom. The SMILES string of the molecule is CCc1nnc(SCC(=O)Nc2scc(-c3ccccc3)c2C(=O)OC)n1C. The lowest BCUT2D eigenvalue weighted by Gasteiger charge is -2.08. The van der Waals surface area contributed by atoms with Crippen LogP contribution in [0.4, 0.5) is 5.00 Å². The zero-order valence-electron chi connectivity index (χ0n) is 15.8. The lowest BCUT2D eigenvalue weighted by molar-refractivity contribution is -0.113. The molecule has 0 unspecified atom stereocenters. The Hall–Kier alpha value is -2.65. The van der Waals surface area contributed by atoms with Crippen molar-refractivity contribution in [2.75, 3.05) is 18.2 Å². The normalized spacial score (nSPS) is 10.7. The lowest BCUT2D eigenvalue weighted by Crippen LogP contribution is -2.16. The highest BCUT2D eigenvalue weighted by molar-refractivity contribution is 7.99. The molecule has 0 aliphatic rings. The van der Waals surface area contributed by atoms with Crippen LogP contribution in [0.15, 0.2) is 40.9 Å². The number of aromatic nitrogens is 3. The molecular formula is C19H20N4O3S2. The number of ether oxygens (including phenoxy) is 1. The van der Waals surface area contributed by atoms with Gasteiger partial charge in [0.1, 0.15) is 16.4 Å². The molecule has 9 heteroatoms. The molecule has 1 N–H and O–H groups in total. The van der Waals surface area contributed by atoms with E-state index in [1.54, 1.807) is 0 Å². The molecule has 146 valence electrons. The van der Waals surface area contributed by atoms with E-state index in [4.69, 9.17) is 4.74 Å². The number of rotatable bonds is 7. The summed E-state index contributed by atoms with van der Waals surface area (Å²) in [5.41, 5.74) is 1.99. The Kier molecular flexibility index (Phi) is 6.48. The van der Waals surface area contributed by atoms with Gasteiger partial charge in [-0.15, -0.1) is 21.5 Å². The number of nitrogens with zero attached hydrogens (tertiary/aromatic N) is 3. The van der Waals surface area contributed by atoms with Crippen LogP contribution in [-0.2, 0) is 23.0 Å². The van der Waals surface area contributed by atoms with Gasteiger partial charge in [0.2, 0.25) is 5.91 Å². The van der Waals surface area contributed by atoms with Crippen LogP contribution < -0.4 is 5.32 Å². The number of esters is 1. The number of carbonyl (C=O) groups excluding carboxylic acids is 2. The maximum atomic E-state index is 12.4. The number of methoxy groups -OCH3 is 1. The first-order valence-corrected chi connectivity index (χ1v) is 10.5. The average Bonchev–Trinajstić information content (AvgIpc) is 3.29. The van der Waals surface area contributed by atoms with Crippen molar-refractivity contribution in [3.8, 4) is 11.1 Å². The molecule has 0 radical (unpaired) electrons. The summed E-state index contributed by atoms with van der Waals surface area (Å²) in [6.45, 7) is 2.00. The minimum atomic E-state index is -0.482. The van der Waals surface area contributed by atoms with Crippen molar-refractivity contribution in [3.63, 3.8) is 0 Å². The van der Waals surface area contributed by atoms with Gasteiger partial charge in [-0.3, -0.25) is 4.79 Å². The second-order valence-electron chi connectivity index (χ2n) is 5.86. The highest BCUT2D eigenvalue weighted by Gasteiger charge is 2.22. The van der Waals surface area contributed by atoms with Crippen LogP contribution in [0.3, 0.4) is 0 Å². The third-order valence-corrected chi connectivity index (χ3v) is 6.01. The fourth-order valence-electron chi connectivity index (χ4n) is 2.66. The Morgan fingerprint density at radius 3 is 2.64 bits per heavy atom. The first-order valence-electron chi connectivity index (χ1n) is 8.61. The molecule has 0 aliphatic carbocycles. The molecule has 2 aromatic heterocycles. The molecule has 0 aliphatic heterocycles. The molecule has 28 heavy (non-hydrogen) atoms. The third-order valence-electron chi connectivity index (χ3n) is 4.09. The Morgan fingerprint density at radius 2 is 2.00 bits per heavy atom.